The van der Waals surface area contributed by atoms with Gasteiger partial charge < -0.3 is 9.79 Å². The van der Waals surface area contributed by atoms with Crippen molar-refractivity contribution in [2.24, 2.45) is 0 Å². The largest absolute Gasteiger partial charge is 0.692 e. The van der Waals surface area contributed by atoms with Gasteiger partial charge in [-0.05, 0) is 6.42 Å². The van der Waals surface area contributed by atoms with E-state index in [1.807, 2.05) is 6.92 Å². The summed E-state index contributed by atoms with van der Waals surface area (Å²) in [7, 11) is -6.64. The van der Waals surface area contributed by atoms with E-state index in [1.54, 1.807) is 6.92 Å². The zero-order valence-electron chi connectivity index (χ0n) is 7.49. The summed E-state index contributed by atoms with van der Waals surface area (Å²) in [4.78, 5) is 31.3. The maximum Gasteiger partial charge on any atom is 0.692 e. The van der Waals surface area contributed by atoms with Crippen molar-refractivity contribution in [2.75, 3.05) is 0 Å². The van der Waals surface area contributed by atoms with E-state index in [0.717, 1.165) is 6.42 Å². The lowest BCUT2D eigenvalue weighted by Gasteiger charge is -2.10. The fourth-order valence-corrected chi connectivity index (χ4v) is 1.18. The molecule has 0 saturated heterocycles. The van der Waals surface area contributed by atoms with Crippen LogP contribution in [0.1, 0.15) is 26.7 Å². The molecule has 0 saturated carbocycles. The highest BCUT2D eigenvalue weighted by atomic mass is 31.2. The number of rotatable bonds is 3. The Kier molecular flexibility index (Phi) is 9.09. The molecule has 8 heteroatoms. The van der Waals surface area contributed by atoms with Crippen LogP contribution in [0.25, 0.3) is 0 Å². The third-order valence-electron chi connectivity index (χ3n) is 1.28. The fourth-order valence-electron chi connectivity index (χ4n) is 0.586. The lowest BCUT2D eigenvalue weighted by atomic mass is 10.3. The highest BCUT2D eigenvalue weighted by Gasteiger charge is 2.21. The minimum atomic E-state index is -3.77. The van der Waals surface area contributed by atoms with Crippen molar-refractivity contribution in [2.45, 2.75) is 32.3 Å². The van der Waals surface area contributed by atoms with Crippen molar-refractivity contribution in [1.29, 1.82) is 0 Å². The van der Waals surface area contributed by atoms with Crippen molar-refractivity contribution < 1.29 is 28.7 Å². The van der Waals surface area contributed by atoms with E-state index in [-0.39, 0.29) is 0 Å². The molecule has 0 aromatic rings. The maximum atomic E-state index is 10.4. The Hall–Kier alpha value is 0.170. The molecule has 0 rings (SSSR count). The molecule has 0 spiro atoms. The molecule has 0 heterocycles. The van der Waals surface area contributed by atoms with Crippen molar-refractivity contribution in [3.05, 3.63) is 0 Å². The second-order valence-electron chi connectivity index (χ2n) is 2.48. The summed E-state index contributed by atoms with van der Waals surface area (Å²) < 4.78 is 19.1. The summed E-state index contributed by atoms with van der Waals surface area (Å²) in [5, 5.41) is 0. The Bertz CT molecular complexity index is 183. The van der Waals surface area contributed by atoms with E-state index < -0.39 is 21.5 Å². The Morgan fingerprint density at radius 2 is 1.69 bits per heavy atom. The highest BCUT2D eigenvalue weighted by Crippen LogP contribution is 2.42. The first-order chi connectivity index (χ1) is 5.71. The van der Waals surface area contributed by atoms with Crippen LogP contribution in [0.15, 0.2) is 0 Å². The van der Waals surface area contributed by atoms with Crippen molar-refractivity contribution in [3.8, 4) is 0 Å². The molecule has 0 bridgehead atoms. The maximum absolute atomic E-state index is 10.4. The zero-order chi connectivity index (χ0) is 11.1. The standard InChI is InChI=1S/C5H13O3P.HO3P/c1-3-4-5(2)9(6,7)8;1-4(2)3/h5H,3-4H2,1-2H3,(H2,6,7,8);(H-,1,2,3)/p+1. The summed E-state index contributed by atoms with van der Waals surface area (Å²) in [5.41, 5.74) is -0.470. The monoisotopic (exact) mass is 233 g/mol. The van der Waals surface area contributed by atoms with Gasteiger partial charge in [-0.25, -0.2) is 0 Å². The molecule has 0 fully saturated rings. The smallest absolute Gasteiger partial charge is 0.324 e. The molecular formula is C5H15O6P2+. The molecule has 0 aliphatic rings. The van der Waals surface area contributed by atoms with Crippen LogP contribution < -0.4 is 0 Å². The second-order valence-corrected chi connectivity index (χ2v) is 5.04. The normalized spacial score (nSPS) is 12.8. The Balaban J connectivity index is 0. The summed E-state index contributed by atoms with van der Waals surface area (Å²) in [6.45, 7) is 3.48. The number of hydrogen-bond donors (Lipinski definition) is 4. The first-order valence-electron chi connectivity index (χ1n) is 3.62. The van der Waals surface area contributed by atoms with Gasteiger partial charge in [0.1, 0.15) is 0 Å². The van der Waals surface area contributed by atoms with Gasteiger partial charge in [-0.15, -0.1) is 9.79 Å². The molecule has 1 unspecified atom stereocenters. The number of hydrogen-bond acceptors (Lipinski definition) is 2. The third kappa shape index (κ3) is 15.0. The molecular weight excluding hydrogens is 218 g/mol. The van der Waals surface area contributed by atoms with Gasteiger partial charge in [0.05, 0.1) is 5.66 Å². The fraction of sp³-hybridized carbons (Fsp3) is 1.00. The summed E-state index contributed by atoms with van der Waals surface area (Å²) in [6.07, 6.45) is 1.43. The van der Waals surface area contributed by atoms with E-state index in [2.05, 4.69) is 0 Å². The molecule has 0 radical (unpaired) electrons. The summed E-state index contributed by atoms with van der Waals surface area (Å²) in [5.74, 6) is 0. The molecule has 0 aromatic heterocycles. The van der Waals surface area contributed by atoms with Crippen molar-refractivity contribution >= 4 is 15.9 Å². The lowest BCUT2D eigenvalue weighted by Crippen LogP contribution is -2.01. The van der Waals surface area contributed by atoms with Gasteiger partial charge in [-0.1, -0.05) is 20.3 Å². The predicted octanol–water partition coefficient (Wildman–Crippen LogP) is 0.981. The van der Waals surface area contributed by atoms with Gasteiger partial charge >= 0.3 is 15.9 Å². The molecule has 0 aliphatic carbocycles. The van der Waals surface area contributed by atoms with Gasteiger partial charge in [-0.3, -0.25) is 4.57 Å². The van der Waals surface area contributed by atoms with Gasteiger partial charge in [0.15, 0.2) is 0 Å². The Labute approximate surface area is 77.7 Å². The zero-order valence-corrected chi connectivity index (χ0v) is 9.28. The van der Waals surface area contributed by atoms with E-state index >= 15 is 0 Å². The Morgan fingerprint density at radius 1 is 1.38 bits per heavy atom. The molecule has 0 aromatic carbocycles. The second kappa shape index (κ2) is 7.56. The predicted molar refractivity (Wildman–Crippen MR) is 48.5 cm³/mol. The quantitative estimate of drug-likeness (QED) is 0.540. The van der Waals surface area contributed by atoms with E-state index in [1.165, 1.54) is 0 Å². The average Bonchev–Trinajstić information content (AvgIpc) is 1.84. The van der Waals surface area contributed by atoms with Gasteiger partial charge in [0.25, 0.3) is 0 Å². The summed E-state index contributed by atoms with van der Waals surface area (Å²) in [6, 6.07) is 0. The Morgan fingerprint density at radius 3 is 1.77 bits per heavy atom. The van der Waals surface area contributed by atoms with Crippen LogP contribution in [0.4, 0.5) is 0 Å². The molecule has 1 atom stereocenters. The SMILES string of the molecule is CCCC(C)P(=O)(O)O.O=[P+](O)O. The highest BCUT2D eigenvalue weighted by molar-refractivity contribution is 7.52. The minimum absolute atomic E-state index is 0.470. The van der Waals surface area contributed by atoms with Crippen LogP contribution in [-0.2, 0) is 9.13 Å². The first-order valence-corrected chi connectivity index (χ1v) is 6.46. The molecule has 0 aliphatic heterocycles. The van der Waals surface area contributed by atoms with E-state index in [0.29, 0.717) is 6.42 Å². The minimum Gasteiger partial charge on any atom is -0.324 e. The van der Waals surface area contributed by atoms with Crippen LogP contribution in [-0.4, -0.2) is 25.2 Å². The van der Waals surface area contributed by atoms with E-state index in [9.17, 15) is 4.57 Å². The summed E-state index contributed by atoms with van der Waals surface area (Å²) >= 11 is 0. The van der Waals surface area contributed by atoms with Crippen LogP contribution in [0.2, 0.25) is 0 Å². The van der Waals surface area contributed by atoms with Crippen LogP contribution in [0.3, 0.4) is 0 Å². The van der Waals surface area contributed by atoms with Crippen molar-refractivity contribution in [1.82, 2.24) is 0 Å². The molecule has 0 amide bonds. The van der Waals surface area contributed by atoms with Gasteiger partial charge in [0.2, 0.25) is 0 Å². The first kappa shape index (κ1) is 15.6. The molecule has 6 nitrogen and oxygen atoms in total. The van der Waals surface area contributed by atoms with Crippen LogP contribution in [0.5, 0.6) is 0 Å². The van der Waals surface area contributed by atoms with Gasteiger partial charge in [-0.2, -0.15) is 0 Å². The molecule has 80 valence electrons. The average molecular weight is 233 g/mol. The third-order valence-corrected chi connectivity index (χ3v) is 2.69. The van der Waals surface area contributed by atoms with Crippen molar-refractivity contribution in [3.63, 3.8) is 0 Å². The lowest BCUT2D eigenvalue weighted by molar-refractivity contribution is 0.357. The molecule has 4 N–H and O–H groups in total. The van der Waals surface area contributed by atoms with E-state index in [4.69, 9.17) is 24.1 Å². The van der Waals surface area contributed by atoms with Crippen LogP contribution >= 0.6 is 15.9 Å². The van der Waals surface area contributed by atoms with Crippen LogP contribution in [0, 0.1) is 0 Å². The molecule has 13 heavy (non-hydrogen) atoms. The topological polar surface area (TPSA) is 115 Å². The van der Waals surface area contributed by atoms with Gasteiger partial charge in [0, 0.05) is 4.57 Å².